The molecule has 1 heterocycles. The van der Waals surface area contributed by atoms with E-state index in [4.69, 9.17) is 16.3 Å². The van der Waals surface area contributed by atoms with Crippen molar-refractivity contribution in [2.75, 3.05) is 0 Å². The zero-order chi connectivity index (χ0) is 18.5. The first-order valence-corrected chi connectivity index (χ1v) is 8.63. The number of carbonyl (C=O) groups is 1. The van der Waals surface area contributed by atoms with Gasteiger partial charge in [0.1, 0.15) is 5.75 Å². The second kappa shape index (κ2) is 8.01. The maximum Gasteiger partial charge on any atom is 0.305 e. The van der Waals surface area contributed by atoms with Crippen molar-refractivity contribution in [1.82, 2.24) is 4.98 Å². The zero-order valence-electron chi connectivity index (χ0n) is 14.1. The first kappa shape index (κ1) is 17.9. The summed E-state index contributed by atoms with van der Waals surface area (Å²) in [5, 5.41) is 19.0. The number of aromatic nitrogens is 1. The molecule has 0 aliphatic rings. The molecule has 0 aliphatic heterocycles. The Morgan fingerprint density at radius 1 is 1.23 bits per heavy atom. The lowest BCUT2D eigenvalue weighted by Gasteiger charge is -2.14. The van der Waals surface area contributed by atoms with Crippen LogP contribution in [-0.2, 0) is 4.79 Å². The Kier molecular flexibility index (Phi) is 5.53. The number of fused-ring (bicyclic) bond motifs is 1. The number of rotatable bonds is 6. The Morgan fingerprint density at radius 2 is 1.96 bits per heavy atom. The number of amides is 1. The largest absolute Gasteiger partial charge is 0.493 e. The van der Waals surface area contributed by atoms with E-state index in [0.717, 1.165) is 6.42 Å². The molecule has 0 saturated heterocycles. The van der Waals surface area contributed by atoms with Crippen molar-refractivity contribution in [2.45, 2.75) is 25.9 Å². The number of aromatic hydroxyl groups is 1. The van der Waals surface area contributed by atoms with Crippen LogP contribution < -0.4 is 4.74 Å². The second-order valence-corrected chi connectivity index (χ2v) is 6.19. The summed E-state index contributed by atoms with van der Waals surface area (Å²) in [6, 6.07) is 14.0. The van der Waals surface area contributed by atoms with Gasteiger partial charge in [0.2, 0.25) is 5.88 Å². The van der Waals surface area contributed by atoms with Crippen molar-refractivity contribution >= 4 is 34.1 Å². The minimum Gasteiger partial charge on any atom is -0.493 e. The summed E-state index contributed by atoms with van der Waals surface area (Å²) < 4.78 is 5.73. The molecule has 0 fully saturated rings. The highest BCUT2D eigenvalue weighted by Gasteiger charge is 2.20. The van der Waals surface area contributed by atoms with E-state index >= 15 is 0 Å². The van der Waals surface area contributed by atoms with Gasteiger partial charge in [0, 0.05) is 10.4 Å². The zero-order valence-corrected chi connectivity index (χ0v) is 14.9. The van der Waals surface area contributed by atoms with E-state index < -0.39 is 12.0 Å². The van der Waals surface area contributed by atoms with Crippen LogP contribution in [0.4, 0.5) is 5.69 Å². The highest BCUT2D eigenvalue weighted by Crippen LogP contribution is 2.35. The molecule has 26 heavy (non-hydrogen) atoms. The van der Waals surface area contributed by atoms with E-state index in [0.29, 0.717) is 28.1 Å². The number of nitrogens with zero attached hydrogens (tertiary/aromatic N) is 2. The number of hydrogen-bond acceptors (Lipinski definition) is 4. The Balaban J connectivity index is 1.79. The quantitative estimate of drug-likeness (QED) is 0.570. The predicted molar refractivity (Wildman–Crippen MR) is 100 cm³/mol. The number of nitrogens with one attached hydrogen (secondary N) is 1. The monoisotopic (exact) mass is 371 g/mol. The predicted octanol–water partition coefficient (Wildman–Crippen LogP) is 5.38. The average Bonchev–Trinajstić information content (AvgIpc) is 2.96. The molecule has 1 atom stereocenters. The van der Waals surface area contributed by atoms with Crippen LogP contribution >= 0.6 is 11.6 Å². The van der Waals surface area contributed by atoms with Crippen molar-refractivity contribution in [3.63, 3.8) is 0 Å². The van der Waals surface area contributed by atoms with Crippen LogP contribution in [0, 0.1) is 0 Å². The lowest BCUT2D eigenvalue weighted by molar-refractivity contribution is -0.125. The van der Waals surface area contributed by atoms with Crippen molar-refractivity contribution < 1.29 is 14.6 Å². The third-order valence-corrected chi connectivity index (χ3v) is 4.08. The molecule has 1 amide bonds. The fourth-order valence-electron chi connectivity index (χ4n) is 2.55. The Morgan fingerprint density at radius 3 is 2.69 bits per heavy atom. The molecule has 3 aromatic rings. The topological polar surface area (TPSA) is 87.0 Å². The first-order chi connectivity index (χ1) is 12.6. The summed E-state index contributed by atoms with van der Waals surface area (Å²) in [7, 11) is 0. The standard InChI is InChI=1S/C19H18ClN3O3/c1-2-5-16(26-13-10-8-12(20)9-11-13)18(24)23-22-17-14-6-3-4-7-15(14)21-19(17)25/h3-4,6-11,16,21,25H,2,5H2,1H3. The molecule has 134 valence electrons. The van der Waals surface area contributed by atoms with Crippen molar-refractivity contribution in [1.29, 1.82) is 0 Å². The number of benzene rings is 2. The van der Waals surface area contributed by atoms with E-state index in [1.165, 1.54) is 0 Å². The molecule has 6 nitrogen and oxygen atoms in total. The van der Waals surface area contributed by atoms with E-state index in [1.807, 2.05) is 19.1 Å². The number of H-pyrrole nitrogens is 1. The summed E-state index contributed by atoms with van der Waals surface area (Å²) in [6.07, 6.45) is 0.496. The molecule has 2 N–H and O–H groups in total. The summed E-state index contributed by atoms with van der Waals surface area (Å²) in [4.78, 5) is 15.2. The van der Waals surface area contributed by atoms with Gasteiger partial charge in [-0.2, -0.15) is 0 Å². The van der Waals surface area contributed by atoms with Gasteiger partial charge < -0.3 is 14.8 Å². The van der Waals surface area contributed by atoms with Gasteiger partial charge in [0.05, 0.1) is 5.52 Å². The minimum atomic E-state index is -0.753. The van der Waals surface area contributed by atoms with Crippen LogP contribution in [0.2, 0.25) is 5.02 Å². The lowest BCUT2D eigenvalue weighted by Crippen LogP contribution is -2.25. The van der Waals surface area contributed by atoms with E-state index in [9.17, 15) is 9.90 Å². The molecule has 0 aliphatic carbocycles. The number of ether oxygens (including phenoxy) is 1. The van der Waals surface area contributed by atoms with Crippen LogP contribution in [0.1, 0.15) is 19.8 Å². The Labute approximate surface area is 155 Å². The molecular formula is C19H18ClN3O3. The highest BCUT2D eigenvalue weighted by atomic mass is 35.5. The van der Waals surface area contributed by atoms with Crippen LogP contribution in [0.15, 0.2) is 58.8 Å². The van der Waals surface area contributed by atoms with Gasteiger partial charge >= 0.3 is 5.91 Å². The molecule has 0 radical (unpaired) electrons. The third-order valence-electron chi connectivity index (χ3n) is 3.83. The molecular weight excluding hydrogens is 354 g/mol. The molecule has 0 spiro atoms. The molecule has 2 aromatic carbocycles. The minimum absolute atomic E-state index is 0.131. The number of aromatic amines is 1. The van der Waals surface area contributed by atoms with Gasteiger partial charge in [-0.15, -0.1) is 10.2 Å². The van der Waals surface area contributed by atoms with Gasteiger partial charge in [-0.25, -0.2) is 0 Å². The summed E-state index contributed by atoms with van der Waals surface area (Å²) >= 11 is 5.86. The van der Waals surface area contributed by atoms with E-state index in [-0.39, 0.29) is 11.6 Å². The van der Waals surface area contributed by atoms with Crippen LogP contribution in [-0.4, -0.2) is 22.1 Å². The fraction of sp³-hybridized carbons (Fsp3) is 0.211. The highest BCUT2D eigenvalue weighted by molar-refractivity contribution is 6.30. The SMILES string of the molecule is CCCC(Oc1ccc(Cl)cc1)C(=O)N=Nc1c(O)[nH]c2ccccc12. The Hall–Kier alpha value is -2.86. The van der Waals surface area contributed by atoms with Gasteiger partial charge in [-0.3, -0.25) is 4.79 Å². The number of para-hydroxylation sites is 1. The Bertz CT molecular complexity index is 935. The van der Waals surface area contributed by atoms with Gasteiger partial charge in [0.25, 0.3) is 0 Å². The molecule has 1 unspecified atom stereocenters. The number of halogens is 1. The van der Waals surface area contributed by atoms with Crippen molar-refractivity contribution in [3.8, 4) is 11.6 Å². The molecule has 7 heteroatoms. The van der Waals surface area contributed by atoms with Crippen LogP contribution in [0.3, 0.4) is 0 Å². The van der Waals surface area contributed by atoms with Gasteiger partial charge in [0.15, 0.2) is 11.8 Å². The average molecular weight is 372 g/mol. The summed E-state index contributed by atoms with van der Waals surface area (Å²) in [5.41, 5.74) is 0.949. The molecule has 0 bridgehead atoms. The van der Waals surface area contributed by atoms with Gasteiger partial charge in [-0.1, -0.05) is 43.1 Å². The van der Waals surface area contributed by atoms with E-state index in [2.05, 4.69) is 15.2 Å². The number of carbonyl (C=O) groups excluding carboxylic acids is 1. The number of azo groups is 1. The van der Waals surface area contributed by atoms with Gasteiger partial charge in [-0.05, 0) is 36.8 Å². The van der Waals surface area contributed by atoms with Crippen molar-refractivity contribution in [3.05, 3.63) is 53.6 Å². The summed E-state index contributed by atoms with van der Waals surface area (Å²) in [5.74, 6) is -0.105. The summed E-state index contributed by atoms with van der Waals surface area (Å²) in [6.45, 7) is 1.95. The molecule has 3 rings (SSSR count). The smallest absolute Gasteiger partial charge is 0.305 e. The van der Waals surface area contributed by atoms with Crippen molar-refractivity contribution in [2.24, 2.45) is 10.2 Å². The molecule has 1 aromatic heterocycles. The second-order valence-electron chi connectivity index (χ2n) is 5.76. The van der Waals surface area contributed by atoms with E-state index in [1.54, 1.807) is 36.4 Å². The maximum atomic E-state index is 12.4. The van der Waals surface area contributed by atoms with Crippen LogP contribution in [0.25, 0.3) is 10.9 Å². The van der Waals surface area contributed by atoms with Crippen LogP contribution in [0.5, 0.6) is 11.6 Å². The first-order valence-electron chi connectivity index (χ1n) is 8.26. The maximum absolute atomic E-state index is 12.4. The fourth-order valence-corrected chi connectivity index (χ4v) is 2.68. The number of hydrogen-bond donors (Lipinski definition) is 2. The third kappa shape index (κ3) is 4.03. The molecule has 0 saturated carbocycles. The lowest BCUT2D eigenvalue weighted by atomic mass is 10.2. The normalized spacial score (nSPS) is 12.5.